The van der Waals surface area contributed by atoms with Crippen LogP contribution in [0.1, 0.15) is 77.2 Å². The number of hydrogen-bond acceptors (Lipinski definition) is 4. The number of rotatable bonds is 13. The van der Waals surface area contributed by atoms with E-state index in [1.165, 1.54) is 11.1 Å². The van der Waals surface area contributed by atoms with Gasteiger partial charge in [0.05, 0.1) is 12.2 Å². The number of carbonyl (C=O) groups is 2. The molecule has 2 rings (SSSR count). The second-order valence-electron chi connectivity index (χ2n) is 8.33. The summed E-state index contributed by atoms with van der Waals surface area (Å²) >= 11 is 0. The number of aliphatic hydroxyl groups excluding tert-OH is 1. The minimum Gasteiger partial charge on any atom is -0.463 e. The Morgan fingerprint density at radius 3 is 2.57 bits per heavy atom. The average molecular weight is 413 g/mol. The first-order valence-electron chi connectivity index (χ1n) is 11.3. The van der Waals surface area contributed by atoms with Gasteiger partial charge in [-0.2, -0.15) is 0 Å². The summed E-state index contributed by atoms with van der Waals surface area (Å²) in [7, 11) is 0. The molecule has 1 aromatic rings. The average Bonchev–Trinajstić information content (AvgIpc) is 3.07. The molecule has 0 spiro atoms. The second kappa shape index (κ2) is 13.2. The van der Waals surface area contributed by atoms with Gasteiger partial charge in [-0.05, 0) is 76.4 Å². The highest BCUT2D eigenvalue weighted by Crippen LogP contribution is 2.30. The molecule has 0 saturated heterocycles. The predicted octanol–water partition coefficient (Wildman–Crippen LogP) is 5.49. The van der Waals surface area contributed by atoms with Gasteiger partial charge >= 0.3 is 5.97 Å². The first-order valence-corrected chi connectivity index (χ1v) is 11.3. The number of benzene rings is 1. The maximum absolute atomic E-state index is 12.2. The highest BCUT2D eigenvalue weighted by molar-refractivity contribution is 5.98. The maximum atomic E-state index is 12.2. The van der Waals surface area contributed by atoms with Gasteiger partial charge in [-0.25, -0.2) is 0 Å². The monoisotopic (exact) mass is 412 g/mol. The van der Waals surface area contributed by atoms with Crippen molar-refractivity contribution >= 4 is 11.8 Å². The van der Waals surface area contributed by atoms with Crippen molar-refractivity contribution < 1.29 is 19.4 Å². The smallest absolute Gasteiger partial charge is 0.306 e. The topological polar surface area (TPSA) is 63.6 Å². The van der Waals surface area contributed by atoms with Crippen LogP contribution in [0.15, 0.2) is 53.6 Å². The molecule has 30 heavy (non-hydrogen) atoms. The quantitative estimate of drug-likeness (QED) is 0.264. The van der Waals surface area contributed by atoms with Crippen molar-refractivity contribution in [3.05, 3.63) is 59.2 Å². The maximum Gasteiger partial charge on any atom is 0.306 e. The Balaban J connectivity index is 1.71. The zero-order valence-electron chi connectivity index (χ0n) is 18.4. The molecule has 0 fully saturated rings. The Hall–Kier alpha value is -2.20. The van der Waals surface area contributed by atoms with Crippen LogP contribution in [-0.4, -0.2) is 29.1 Å². The molecule has 0 aliphatic heterocycles. The fourth-order valence-corrected chi connectivity index (χ4v) is 3.77. The third kappa shape index (κ3) is 9.08. The SMILES string of the molecule is CC(C)OC(=O)CCC/C=C/CC1=C(CCC(O)CCc2ccccc2)CCC1=O. The van der Waals surface area contributed by atoms with Crippen molar-refractivity contribution in [2.24, 2.45) is 0 Å². The molecule has 164 valence electrons. The molecule has 4 nitrogen and oxygen atoms in total. The van der Waals surface area contributed by atoms with Crippen LogP contribution < -0.4 is 0 Å². The van der Waals surface area contributed by atoms with E-state index < -0.39 is 0 Å². The lowest BCUT2D eigenvalue weighted by atomic mass is 9.98. The van der Waals surface area contributed by atoms with Crippen molar-refractivity contribution in [3.8, 4) is 0 Å². The van der Waals surface area contributed by atoms with Crippen molar-refractivity contribution in [2.75, 3.05) is 0 Å². The van der Waals surface area contributed by atoms with E-state index in [1.807, 2.05) is 44.2 Å². The van der Waals surface area contributed by atoms with Crippen LogP contribution in [0.5, 0.6) is 0 Å². The molecular formula is C26H36O4. The summed E-state index contributed by atoms with van der Waals surface area (Å²) in [6.45, 7) is 3.70. The van der Waals surface area contributed by atoms with Gasteiger partial charge in [0, 0.05) is 12.8 Å². The van der Waals surface area contributed by atoms with Gasteiger partial charge < -0.3 is 9.84 Å². The fraction of sp³-hybridized carbons (Fsp3) is 0.538. The molecular weight excluding hydrogens is 376 g/mol. The molecule has 0 radical (unpaired) electrons. The standard InChI is InChI=1S/C26H36O4/c1-20(2)30-26(29)13-9-4-3-8-12-24-22(16-19-25(24)28)15-18-23(27)17-14-21-10-6-5-7-11-21/h3,5-8,10-11,20,23,27H,4,9,12-19H2,1-2H3/b8-3+. The van der Waals surface area contributed by atoms with Crippen LogP contribution in [0.4, 0.5) is 0 Å². The molecule has 1 unspecified atom stereocenters. The van der Waals surface area contributed by atoms with Gasteiger partial charge in [0.15, 0.2) is 5.78 Å². The van der Waals surface area contributed by atoms with E-state index in [4.69, 9.17) is 4.74 Å². The van der Waals surface area contributed by atoms with Crippen LogP contribution >= 0.6 is 0 Å². The lowest BCUT2D eigenvalue weighted by molar-refractivity contribution is -0.147. The molecule has 1 aromatic carbocycles. The van der Waals surface area contributed by atoms with Crippen LogP contribution in [0.25, 0.3) is 0 Å². The third-order valence-electron chi connectivity index (χ3n) is 5.41. The molecule has 1 N–H and O–H groups in total. The summed E-state index contributed by atoms with van der Waals surface area (Å²) in [6.07, 6.45) is 10.9. The predicted molar refractivity (Wildman–Crippen MR) is 120 cm³/mol. The van der Waals surface area contributed by atoms with Crippen molar-refractivity contribution in [2.45, 2.75) is 90.3 Å². The Kier molecular flexibility index (Phi) is 10.6. The summed E-state index contributed by atoms with van der Waals surface area (Å²) in [4.78, 5) is 23.8. The molecule has 0 bridgehead atoms. The van der Waals surface area contributed by atoms with E-state index in [9.17, 15) is 14.7 Å². The number of hydrogen-bond donors (Lipinski definition) is 1. The third-order valence-corrected chi connectivity index (χ3v) is 5.41. The van der Waals surface area contributed by atoms with E-state index in [2.05, 4.69) is 12.1 Å². The minimum atomic E-state index is -0.337. The summed E-state index contributed by atoms with van der Waals surface area (Å²) in [6, 6.07) is 10.2. The highest BCUT2D eigenvalue weighted by atomic mass is 16.5. The van der Waals surface area contributed by atoms with Gasteiger partial charge in [0.2, 0.25) is 0 Å². The minimum absolute atomic E-state index is 0.0661. The van der Waals surface area contributed by atoms with Gasteiger partial charge in [0.1, 0.15) is 0 Å². The summed E-state index contributed by atoms with van der Waals surface area (Å²) < 4.78 is 5.12. The zero-order valence-corrected chi connectivity index (χ0v) is 18.4. The molecule has 0 amide bonds. The molecule has 1 aliphatic carbocycles. The van der Waals surface area contributed by atoms with Crippen molar-refractivity contribution in [1.82, 2.24) is 0 Å². The van der Waals surface area contributed by atoms with E-state index in [0.717, 1.165) is 44.1 Å². The first-order chi connectivity index (χ1) is 14.5. The Morgan fingerprint density at radius 2 is 1.83 bits per heavy atom. The summed E-state index contributed by atoms with van der Waals surface area (Å²) in [5.41, 5.74) is 3.39. The lowest BCUT2D eigenvalue weighted by Crippen LogP contribution is -2.10. The number of unbranched alkanes of at least 4 members (excludes halogenated alkanes) is 1. The molecule has 0 aromatic heterocycles. The van der Waals surface area contributed by atoms with E-state index >= 15 is 0 Å². The van der Waals surface area contributed by atoms with Crippen LogP contribution in [0.2, 0.25) is 0 Å². The normalized spacial score (nSPS) is 15.4. The number of carbonyl (C=O) groups excluding carboxylic acids is 2. The van der Waals surface area contributed by atoms with Crippen LogP contribution in [0, 0.1) is 0 Å². The molecule has 0 heterocycles. The number of esters is 1. The molecule has 1 aliphatic rings. The Morgan fingerprint density at radius 1 is 1.10 bits per heavy atom. The number of Topliss-reactive ketones (excluding diaryl/α,β-unsaturated/α-hetero) is 1. The number of ketones is 1. The zero-order chi connectivity index (χ0) is 21.8. The number of allylic oxidation sites excluding steroid dienone is 4. The van der Waals surface area contributed by atoms with Gasteiger partial charge in [-0.3, -0.25) is 9.59 Å². The first kappa shape index (κ1) is 24.1. The van der Waals surface area contributed by atoms with E-state index in [1.54, 1.807) is 0 Å². The van der Waals surface area contributed by atoms with Crippen molar-refractivity contribution in [1.29, 1.82) is 0 Å². The highest BCUT2D eigenvalue weighted by Gasteiger charge is 2.22. The van der Waals surface area contributed by atoms with Crippen molar-refractivity contribution in [3.63, 3.8) is 0 Å². The molecule has 4 heteroatoms. The van der Waals surface area contributed by atoms with Crippen LogP contribution in [-0.2, 0) is 20.7 Å². The second-order valence-corrected chi connectivity index (χ2v) is 8.33. The van der Waals surface area contributed by atoms with E-state index in [0.29, 0.717) is 25.7 Å². The Bertz CT molecular complexity index is 731. The fourth-order valence-electron chi connectivity index (χ4n) is 3.77. The summed E-state index contributed by atoms with van der Waals surface area (Å²) in [5, 5.41) is 10.3. The largest absolute Gasteiger partial charge is 0.463 e. The van der Waals surface area contributed by atoms with Gasteiger partial charge in [-0.15, -0.1) is 0 Å². The number of ether oxygens (including phenoxy) is 1. The van der Waals surface area contributed by atoms with Crippen LogP contribution in [0.3, 0.4) is 0 Å². The van der Waals surface area contributed by atoms with Gasteiger partial charge in [-0.1, -0.05) is 48.1 Å². The summed E-state index contributed by atoms with van der Waals surface area (Å²) in [5.74, 6) is 0.0918. The molecule has 0 saturated carbocycles. The van der Waals surface area contributed by atoms with Gasteiger partial charge in [0.25, 0.3) is 0 Å². The number of aryl methyl sites for hydroxylation is 1. The Labute approximate surface area is 181 Å². The lowest BCUT2D eigenvalue weighted by Gasteiger charge is -2.12. The van der Waals surface area contributed by atoms with E-state index in [-0.39, 0.29) is 24.0 Å². The number of aliphatic hydroxyl groups is 1. The molecule has 1 atom stereocenters.